The van der Waals surface area contributed by atoms with Crippen LogP contribution >= 0.6 is 0 Å². The first-order valence-electron chi connectivity index (χ1n) is 7.00. The number of anilines is 2. The lowest BCUT2D eigenvalue weighted by Crippen LogP contribution is -2.55. The van der Waals surface area contributed by atoms with E-state index in [1.165, 1.54) is 0 Å². The summed E-state index contributed by atoms with van der Waals surface area (Å²) in [6.07, 6.45) is 0. The number of nitrogens with zero attached hydrogens (tertiary/aromatic N) is 1. The smallest absolute Gasteiger partial charge is 0.245 e. The Morgan fingerprint density at radius 3 is 2.95 bits per heavy atom. The van der Waals surface area contributed by atoms with Crippen LogP contribution in [-0.4, -0.2) is 37.7 Å². The van der Waals surface area contributed by atoms with Crippen LogP contribution in [0, 0.1) is 6.92 Å². The number of amides is 1. The largest absolute Gasteiger partial charge is 0.397 e. The Morgan fingerprint density at radius 1 is 1.50 bits per heavy atom. The van der Waals surface area contributed by atoms with Crippen molar-refractivity contribution in [3.8, 4) is 0 Å². The lowest BCUT2D eigenvalue weighted by atomic mass is 10.1. The quantitative estimate of drug-likeness (QED) is 0.817. The van der Waals surface area contributed by atoms with E-state index < -0.39 is 0 Å². The zero-order valence-corrected chi connectivity index (χ0v) is 12.3. The molecule has 110 valence electrons. The maximum Gasteiger partial charge on any atom is 0.245 e. The molecule has 1 amide bonds. The molecule has 1 saturated heterocycles. The molecule has 1 aliphatic heterocycles. The maximum absolute atomic E-state index is 12.3. The number of carbonyl (C=O) groups excluding carboxylic acids is 1. The van der Waals surface area contributed by atoms with E-state index in [1.54, 1.807) is 0 Å². The summed E-state index contributed by atoms with van der Waals surface area (Å²) >= 11 is 0. The van der Waals surface area contributed by atoms with Crippen LogP contribution in [-0.2, 0) is 9.53 Å². The highest BCUT2D eigenvalue weighted by atomic mass is 16.5. The average molecular weight is 277 g/mol. The van der Waals surface area contributed by atoms with E-state index in [0.717, 1.165) is 16.9 Å². The molecular formula is C15H23N3O2. The number of hydrogen-bond donors (Lipinski definition) is 2. The molecule has 20 heavy (non-hydrogen) atoms. The van der Waals surface area contributed by atoms with Crippen molar-refractivity contribution in [2.24, 2.45) is 0 Å². The summed E-state index contributed by atoms with van der Waals surface area (Å²) < 4.78 is 5.46. The van der Waals surface area contributed by atoms with Crippen molar-refractivity contribution in [1.82, 2.24) is 5.32 Å². The van der Waals surface area contributed by atoms with Gasteiger partial charge in [0.2, 0.25) is 5.91 Å². The normalized spacial score (nSPS) is 19.2. The minimum absolute atomic E-state index is 0.0133. The van der Waals surface area contributed by atoms with E-state index in [0.29, 0.717) is 19.8 Å². The molecule has 0 aromatic heterocycles. The van der Waals surface area contributed by atoms with Crippen molar-refractivity contribution >= 4 is 17.3 Å². The molecule has 0 aliphatic carbocycles. The van der Waals surface area contributed by atoms with Gasteiger partial charge in [-0.25, -0.2) is 0 Å². The van der Waals surface area contributed by atoms with Gasteiger partial charge in [-0.1, -0.05) is 12.1 Å². The fraction of sp³-hybridized carbons (Fsp3) is 0.533. The highest BCUT2D eigenvalue weighted by Gasteiger charge is 2.31. The molecule has 1 fully saturated rings. The number of nitrogens with two attached hydrogens (primary N) is 1. The van der Waals surface area contributed by atoms with Gasteiger partial charge in [0, 0.05) is 12.6 Å². The van der Waals surface area contributed by atoms with E-state index in [2.05, 4.69) is 5.32 Å². The van der Waals surface area contributed by atoms with Gasteiger partial charge in [-0.3, -0.25) is 4.79 Å². The zero-order chi connectivity index (χ0) is 14.7. The van der Waals surface area contributed by atoms with E-state index in [1.807, 2.05) is 43.9 Å². The van der Waals surface area contributed by atoms with Gasteiger partial charge in [0.05, 0.1) is 24.6 Å². The molecule has 0 spiro atoms. The van der Waals surface area contributed by atoms with Crippen LogP contribution in [0.5, 0.6) is 0 Å². The molecule has 5 heteroatoms. The van der Waals surface area contributed by atoms with E-state index in [4.69, 9.17) is 10.5 Å². The van der Waals surface area contributed by atoms with Gasteiger partial charge < -0.3 is 20.7 Å². The first kappa shape index (κ1) is 14.7. The highest BCUT2D eigenvalue weighted by molar-refractivity contribution is 5.87. The van der Waals surface area contributed by atoms with Crippen LogP contribution in [0.15, 0.2) is 18.2 Å². The van der Waals surface area contributed by atoms with Crippen molar-refractivity contribution in [1.29, 1.82) is 0 Å². The number of aryl methyl sites for hydroxylation is 1. The molecule has 0 saturated carbocycles. The number of morpholine rings is 1. The number of rotatable bonds is 3. The van der Waals surface area contributed by atoms with E-state index >= 15 is 0 Å². The van der Waals surface area contributed by atoms with Gasteiger partial charge in [0.1, 0.15) is 6.04 Å². The second-order valence-corrected chi connectivity index (χ2v) is 5.46. The van der Waals surface area contributed by atoms with Crippen LogP contribution in [0.2, 0.25) is 0 Å². The maximum atomic E-state index is 12.3. The number of benzene rings is 1. The molecular weight excluding hydrogens is 254 g/mol. The summed E-state index contributed by atoms with van der Waals surface area (Å²) in [4.78, 5) is 14.4. The number of ether oxygens (including phenoxy) is 1. The molecule has 1 aliphatic rings. The predicted octanol–water partition coefficient (Wildman–Crippen LogP) is 1.31. The van der Waals surface area contributed by atoms with Crippen LogP contribution in [0.1, 0.15) is 19.4 Å². The van der Waals surface area contributed by atoms with Gasteiger partial charge in [0.25, 0.3) is 0 Å². The van der Waals surface area contributed by atoms with Gasteiger partial charge in [0.15, 0.2) is 0 Å². The molecule has 1 atom stereocenters. The molecule has 1 aromatic carbocycles. The molecule has 1 heterocycles. The lowest BCUT2D eigenvalue weighted by molar-refractivity contribution is -0.125. The summed E-state index contributed by atoms with van der Waals surface area (Å²) in [6, 6.07) is 5.69. The Morgan fingerprint density at radius 2 is 2.25 bits per heavy atom. The molecule has 0 radical (unpaired) electrons. The molecule has 3 N–H and O–H groups in total. The first-order chi connectivity index (χ1) is 9.50. The number of nitrogens with one attached hydrogen (secondary N) is 1. The second-order valence-electron chi connectivity index (χ2n) is 5.46. The van der Waals surface area contributed by atoms with Crippen LogP contribution in [0.4, 0.5) is 11.4 Å². The zero-order valence-electron chi connectivity index (χ0n) is 12.3. The third-order valence-electron chi connectivity index (χ3n) is 3.47. The third kappa shape index (κ3) is 3.04. The molecule has 1 aromatic rings. The molecule has 0 bridgehead atoms. The summed E-state index contributed by atoms with van der Waals surface area (Å²) in [5.74, 6) is -0.0133. The third-order valence-corrected chi connectivity index (χ3v) is 3.47. The predicted molar refractivity (Wildman–Crippen MR) is 80.8 cm³/mol. The standard InChI is InChI=1S/C15H23N3O2/c1-10(2)17-15(19)13-9-20-8-7-18(13)12-6-4-5-11(3)14(12)16/h4-6,10,13H,7-9,16H2,1-3H3,(H,17,19). The first-order valence-corrected chi connectivity index (χ1v) is 7.00. The van der Waals surface area contributed by atoms with Gasteiger partial charge in [-0.2, -0.15) is 0 Å². The van der Waals surface area contributed by atoms with Gasteiger partial charge in [-0.15, -0.1) is 0 Å². The second kappa shape index (κ2) is 6.13. The Kier molecular flexibility index (Phi) is 4.49. The van der Waals surface area contributed by atoms with Crippen LogP contribution in [0.25, 0.3) is 0 Å². The minimum atomic E-state index is -0.324. The lowest BCUT2D eigenvalue weighted by Gasteiger charge is -2.37. The average Bonchev–Trinajstić information content (AvgIpc) is 2.41. The fourth-order valence-electron chi connectivity index (χ4n) is 2.41. The van der Waals surface area contributed by atoms with Gasteiger partial charge in [-0.05, 0) is 32.4 Å². The highest BCUT2D eigenvalue weighted by Crippen LogP contribution is 2.29. The topological polar surface area (TPSA) is 67.6 Å². The summed E-state index contributed by atoms with van der Waals surface area (Å²) in [6.45, 7) is 7.55. The number of nitrogen functional groups attached to an aromatic ring is 1. The van der Waals surface area contributed by atoms with Crippen molar-refractivity contribution in [2.75, 3.05) is 30.4 Å². The number of carbonyl (C=O) groups is 1. The molecule has 1 unspecified atom stereocenters. The minimum Gasteiger partial charge on any atom is -0.397 e. The SMILES string of the molecule is Cc1cccc(N2CCOCC2C(=O)NC(C)C)c1N. The van der Waals surface area contributed by atoms with Crippen molar-refractivity contribution < 1.29 is 9.53 Å². The summed E-state index contributed by atoms with van der Waals surface area (Å²) in [5, 5.41) is 2.94. The Labute approximate surface area is 120 Å². The van der Waals surface area contributed by atoms with Crippen LogP contribution in [0.3, 0.4) is 0 Å². The number of para-hydroxylation sites is 1. The van der Waals surface area contributed by atoms with Crippen LogP contribution < -0.4 is 16.0 Å². The molecule has 5 nitrogen and oxygen atoms in total. The Bertz CT molecular complexity index is 488. The van der Waals surface area contributed by atoms with E-state index in [9.17, 15) is 4.79 Å². The summed E-state index contributed by atoms with van der Waals surface area (Å²) in [7, 11) is 0. The Hall–Kier alpha value is -1.75. The number of hydrogen-bond acceptors (Lipinski definition) is 4. The summed E-state index contributed by atoms with van der Waals surface area (Å²) in [5.41, 5.74) is 8.84. The Balaban J connectivity index is 2.27. The van der Waals surface area contributed by atoms with E-state index in [-0.39, 0.29) is 18.0 Å². The monoisotopic (exact) mass is 277 g/mol. The molecule has 2 rings (SSSR count). The van der Waals surface area contributed by atoms with Crippen molar-refractivity contribution in [3.05, 3.63) is 23.8 Å². The van der Waals surface area contributed by atoms with Crippen molar-refractivity contribution in [2.45, 2.75) is 32.9 Å². The van der Waals surface area contributed by atoms with Crippen molar-refractivity contribution in [3.63, 3.8) is 0 Å². The van der Waals surface area contributed by atoms with Gasteiger partial charge >= 0.3 is 0 Å². The fourth-order valence-corrected chi connectivity index (χ4v) is 2.41.